The van der Waals surface area contributed by atoms with Crippen molar-refractivity contribution in [3.8, 4) is 0 Å². The predicted octanol–water partition coefficient (Wildman–Crippen LogP) is 3.97. The average molecular weight is 256 g/mol. The van der Waals surface area contributed by atoms with Gasteiger partial charge in [-0.05, 0) is 29.8 Å². The Bertz CT molecular complexity index is 524. The van der Waals surface area contributed by atoms with Gasteiger partial charge in [-0.2, -0.15) is 0 Å². The van der Waals surface area contributed by atoms with Gasteiger partial charge < -0.3 is 10.2 Å². The number of nitrogens with zero attached hydrogens (tertiary/aromatic N) is 1. The van der Waals surface area contributed by atoms with E-state index in [9.17, 15) is 0 Å². The van der Waals surface area contributed by atoms with Crippen LogP contribution in [-0.4, -0.2) is 14.1 Å². The van der Waals surface area contributed by atoms with Crippen molar-refractivity contribution < 1.29 is 0 Å². The Balaban J connectivity index is 1.82. The molecule has 0 radical (unpaired) electrons. The minimum Gasteiger partial charge on any atom is -0.378 e. The van der Waals surface area contributed by atoms with Crippen LogP contribution in [0.5, 0.6) is 0 Å². The number of rotatable bonds is 2. The minimum absolute atomic E-state index is 0.332. The molecule has 1 atom stereocenters. The Morgan fingerprint density at radius 3 is 2.39 bits per heavy atom. The van der Waals surface area contributed by atoms with Crippen LogP contribution in [0.25, 0.3) is 0 Å². The molecule has 18 heavy (non-hydrogen) atoms. The van der Waals surface area contributed by atoms with Gasteiger partial charge in [-0.15, -0.1) is 0 Å². The molecule has 0 aliphatic carbocycles. The lowest BCUT2D eigenvalue weighted by molar-refractivity contribution is 1.10. The van der Waals surface area contributed by atoms with Gasteiger partial charge in [-0.1, -0.05) is 36.0 Å². The molecule has 0 spiro atoms. The number of fused-ring (bicyclic) bond motifs is 1. The summed E-state index contributed by atoms with van der Waals surface area (Å²) in [5, 5.41) is 3.88. The van der Waals surface area contributed by atoms with E-state index in [2.05, 4.69) is 72.8 Å². The fourth-order valence-corrected chi connectivity index (χ4v) is 3.23. The number of benzene rings is 2. The number of hydrogen-bond donors (Lipinski definition) is 1. The van der Waals surface area contributed by atoms with E-state index < -0.39 is 0 Å². The van der Waals surface area contributed by atoms with Gasteiger partial charge in [0.05, 0.1) is 0 Å². The molecule has 0 unspecified atom stereocenters. The lowest BCUT2D eigenvalue weighted by Crippen LogP contribution is -2.08. The van der Waals surface area contributed by atoms with Crippen LogP contribution in [0, 0.1) is 0 Å². The Kier molecular flexibility index (Phi) is 2.92. The zero-order valence-corrected chi connectivity index (χ0v) is 11.4. The van der Waals surface area contributed by atoms with E-state index in [0.717, 1.165) is 0 Å². The van der Waals surface area contributed by atoms with E-state index in [1.807, 2.05) is 11.8 Å². The number of anilines is 2. The highest BCUT2D eigenvalue weighted by Crippen LogP contribution is 2.46. The molecule has 0 saturated heterocycles. The maximum Gasteiger partial charge on any atom is 0.103 e. The van der Waals surface area contributed by atoms with Crippen molar-refractivity contribution in [2.24, 2.45) is 0 Å². The largest absolute Gasteiger partial charge is 0.378 e. The summed E-state index contributed by atoms with van der Waals surface area (Å²) in [5.41, 5.74) is 3.80. The summed E-state index contributed by atoms with van der Waals surface area (Å²) in [5.74, 6) is 0. The predicted molar refractivity (Wildman–Crippen MR) is 79.4 cm³/mol. The maximum absolute atomic E-state index is 3.55. The second-order valence-corrected chi connectivity index (χ2v) is 5.77. The highest BCUT2D eigenvalue weighted by Gasteiger charge is 2.21. The van der Waals surface area contributed by atoms with Crippen LogP contribution in [0.3, 0.4) is 0 Å². The molecule has 1 N–H and O–H groups in total. The third-order valence-corrected chi connectivity index (χ3v) is 4.37. The summed E-state index contributed by atoms with van der Waals surface area (Å²) in [4.78, 5) is 3.45. The second kappa shape index (κ2) is 4.58. The number of para-hydroxylation sites is 1. The Hall–Kier alpha value is -1.61. The third-order valence-electron chi connectivity index (χ3n) is 3.13. The molecule has 2 aromatic carbocycles. The van der Waals surface area contributed by atoms with Crippen LogP contribution >= 0.6 is 11.8 Å². The zero-order valence-electron chi connectivity index (χ0n) is 10.6. The Morgan fingerprint density at radius 1 is 1.00 bits per heavy atom. The summed E-state index contributed by atoms with van der Waals surface area (Å²) in [7, 11) is 4.13. The number of thioether (sulfide) groups is 1. The van der Waals surface area contributed by atoms with E-state index in [-0.39, 0.29) is 0 Å². The molecule has 0 bridgehead atoms. The summed E-state index contributed by atoms with van der Waals surface area (Å²) in [6.07, 6.45) is 0. The molecule has 1 aliphatic heterocycles. The lowest BCUT2D eigenvalue weighted by atomic mass is 10.2. The lowest BCUT2D eigenvalue weighted by Gasteiger charge is -2.15. The van der Waals surface area contributed by atoms with E-state index >= 15 is 0 Å². The van der Waals surface area contributed by atoms with E-state index in [0.29, 0.717) is 5.37 Å². The van der Waals surface area contributed by atoms with Gasteiger partial charge in [0, 0.05) is 30.4 Å². The molecule has 92 valence electrons. The third kappa shape index (κ3) is 2.06. The molecular formula is C15H16N2S. The smallest absolute Gasteiger partial charge is 0.103 e. The summed E-state index contributed by atoms with van der Waals surface area (Å²) >= 11 is 1.88. The monoisotopic (exact) mass is 256 g/mol. The van der Waals surface area contributed by atoms with E-state index in [1.165, 1.54) is 21.8 Å². The van der Waals surface area contributed by atoms with Crippen molar-refractivity contribution in [3.63, 3.8) is 0 Å². The van der Waals surface area contributed by atoms with Gasteiger partial charge in [0.2, 0.25) is 0 Å². The van der Waals surface area contributed by atoms with Crippen molar-refractivity contribution in [2.75, 3.05) is 24.3 Å². The van der Waals surface area contributed by atoms with Crippen LogP contribution < -0.4 is 10.2 Å². The minimum atomic E-state index is 0.332. The second-order valence-electron chi connectivity index (χ2n) is 4.62. The highest BCUT2D eigenvalue weighted by atomic mass is 32.2. The summed E-state index contributed by atoms with van der Waals surface area (Å²) in [6.45, 7) is 0. The summed E-state index contributed by atoms with van der Waals surface area (Å²) in [6, 6.07) is 17.2. The molecule has 3 rings (SSSR count). The normalized spacial score (nSPS) is 17.1. The summed E-state index contributed by atoms with van der Waals surface area (Å²) < 4.78 is 0. The quantitative estimate of drug-likeness (QED) is 0.875. The zero-order chi connectivity index (χ0) is 12.5. The first-order valence-corrected chi connectivity index (χ1v) is 6.91. The molecule has 0 amide bonds. The van der Waals surface area contributed by atoms with Crippen molar-refractivity contribution in [3.05, 3.63) is 54.1 Å². The average Bonchev–Trinajstić information content (AvgIpc) is 2.82. The van der Waals surface area contributed by atoms with Gasteiger partial charge in [-0.25, -0.2) is 0 Å². The SMILES string of the molecule is CN(C)c1ccc([C@@H]2Nc3ccccc3S2)cc1. The van der Waals surface area contributed by atoms with Crippen molar-refractivity contribution in [1.82, 2.24) is 0 Å². The number of nitrogens with one attached hydrogen (secondary N) is 1. The van der Waals surface area contributed by atoms with E-state index in [4.69, 9.17) is 0 Å². The topological polar surface area (TPSA) is 15.3 Å². The molecule has 2 aromatic rings. The standard InChI is InChI=1S/C15H16N2S/c1-17(2)12-9-7-11(8-10-12)15-16-13-5-3-4-6-14(13)18-15/h3-10,15-16H,1-2H3/t15-/m1/s1. The first kappa shape index (κ1) is 11.5. The fourth-order valence-electron chi connectivity index (χ4n) is 2.08. The van der Waals surface area contributed by atoms with Crippen molar-refractivity contribution >= 4 is 23.1 Å². The molecule has 0 aromatic heterocycles. The van der Waals surface area contributed by atoms with Gasteiger partial charge in [0.1, 0.15) is 5.37 Å². The Labute approximate surface area is 112 Å². The number of hydrogen-bond acceptors (Lipinski definition) is 3. The van der Waals surface area contributed by atoms with Crippen LogP contribution in [0.1, 0.15) is 10.9 Å². The highest BCUT2D eigenvalue weighted by molar-refractivity contribution is 8.00. The molecular weight excluding hydrogens is 240 g/mol. The first-order chi connectivity index (χ1) is 8.74. The van der Waals surface area contributed by atoms with Crippen LogP contribution in [0.15, 0.2) is 53.4 Å². The van der Waals surface area contributed by atoms with E-state index in [1.54, 1.807) is 0 Å². The van der Waals surface area contributed by atoms with Crippen LogP contribution in [-0.2, 0) is 0 Å². The molecule has 0 saturated carbocycles. The van der Waals surface area contributed by atoms with Crippen molar-refractivity contribution in [1.29, 1.82) is 0 Å². The molecule has 3 heteroatoms. The molecule has 1 heterocycles. The molecule has 0 fully saturated rings. The Morgan fingerprint density at radius 2 is 1.72 bits per heavy atom. The van der Waals surface area contributed by atoms with Gasteiger partial charge in [0.25, 0.3) is 0 Å². The van der Waals surface area contributed by atoms with Gasteiger partial charge in [-0.3, -0.25) is 0 Å². The van der Waals surface area contributed by atoms with Crippen LogP contribution in [0.4, 0.5) is 11.4 Å². The first-order valence-electron chi connectivity index (χ1n) is 6.03. The van der Waals surface area contributed by atoms with Crippen molar-refractivity contribution in [2.45, 2.75) is 10.3 Å². The molecule has 1 aliphatic rings. The molecule has 2 nitrogen and oxygen atoms in total. The maximum atomic E-state index is 3.55. The van der Waals surface area contributed by atoms with Crippen LogP contribution in [0.2, 0.25) is 0 Å². The van der Waals surface area contributed by atoms with Gasteiger partial charge in [0.15, 0.2) is 0 Å². The van der Waals surface area contributed by atoms with Gasteiger partial charge >= 0.3 is 0 Å². The fraction of sp³-hybridized carbons (Fsp3) is 0.200.